The highest BCUT2D eigenvalue weighted by Gasteiger charge is 2.32. The summed E-state index contributed by atoms with van der Waals surface area (Å²) in [4.78, 5) is 36.4. The smallest absolute Gasteiger partial charge is 0.254 e. The van der Waals surface area contributed by atoms with Gasteiger partial charge in [-0.05, 0) is 60.9 Å². The van der Waals surface area contributed by atoms with Crippen LogP contribution in [0, 0.1) is 6.92 Å². The number of nitrogens with one attached hydrogen (secondary N) is 1. The number of aliphatic hydroxyl groups excluding tert-OH is 1. The van der Waals surface area contributed by atoms with E-state index in [4.69, 9.17) is 10.5 Å². The number of carbonyl (C=O) groups is 2. The lowest BCUT2D eigenvalue weighted by atomic mass is 9.97. The molecule has 0 saturated carbocycles. The van der Waals surface area contributed by atoms with Crippen LogP contribution in [0.1, 0.15) is 43.4 Å². The minimum Gasteiger partial charge on any atom is -0.497 e. The summed E-state index contributed by atoms with van der Waals surface area (Å²) < 4.78 is 5.31. The number of nitrogens with zero attached hydrogens (tertiary/aromatic N) is 3. The summed E-state index contributed by atoms with van der Waals surface area (Å²) in [6.07, 6.45) is 1.08. The average Bonchev–Trinajstić information content (AvgIpc) is 2.99. The minimum atomic E-state index is -0.950. The van der Waals surface area contributed by atoms with Crippen molar-refractivity contribution in [1.29, 1.82) is 0 Å². The summed E-state index contributed by atoms with van der Waals surface area (Å²) in [7, 11) is 1.62. The molecule has 0 bridgehead atoms. The molecule has 1 aromatic heterocycles. The van der Waals surface area contributed by atoms with Gasteiger partial charge in [-0.15, -0.1) is 0 Å². The fraction of sp³-hybridized carbons (Fsp3) is 0.250. The molecule has 2 atom stereocenters. The van der Waals surface area contributed by atoms with Crippen LogP contribution in [-0.2, 0) is 19.5 Å². The van der Waals surface area contributed by atoms with E-state index in [9.17, 15) is 14.7 Å². The molecule has 0 fully saturated rings. The van der Waals surface area contributed by atoms with Crippen LogP contribution in [0.4, 0.5) is 0 Å². The monoisotopic (exact) mass is 553 g/mol. The van der Waals surface area contributed by atoms with Crippen LogP contribution in [0.15, 0.2) is 91.1 Å². The van der Waals surface area contributed by atoms with Crippen LogP contribution in [0.2, 0.25) is 0 Å². The molecule has 4 N–H and O–H groups in total. The molecule has 212 valence electrons. The lowest BCUT2D eigenvalue weighted by Crippen LogP contribution is -2.51. The molecule has 4 rings (SSSR count). The quantitative estimate of drug-likeness (QED) is 0.232. The number of primary amides is 1. The van der Waals surface area contributed by atoms with E-state index in [0.29, 0.717) is 18.8 Å². The second kappa shape index (κ2) is 14.2. The number of rotatable bonds is 13. The van der Waals surface area contributed by atoms with Crippen LogP contribution < -0.4 is 15.8 Å². The van der Waals surface area contributed by atoms with E-state index in [2.05, 4.69) is 15.3 Å². The van der Waals surface area contributed by atoms with Gasteiger partial charge >= 0.3 is 0 Å². The van der Waals surface area contributed by atoms with Crippen LogP contribution in [0.3, 0.4) is 0 Å². The Kier molecular flexibility index (Phi) is 10.1. The zero-order valence-corrected chi connectivity index (χ0v) is 23.2. The second-order valence-corrected chi connectivity index (χ2v) is 9.80. The van der Waals surface area contributed by atoms with Crippen LogP contribution >= 0.6 is 0 Å². The van der Waals surface area contributed by atoms with E-state index in [1.807, 2.05) is 61.5 Å². The molecule has 0 unspecified atom stereocenters. The molecule has 41 heavy (non-hydrogen) atoms. The summed E-state index contributed by atoms with van der Waals surface area (Å²) in [6.45, 7) is 2.63. The number of carbonyl (C=O) groups excluding carboxylic acids is 2. The number of amides is 2. The molecular formula is C32H35N5O4. The van der Waals surface area contributed by atoms with E-state index < -0.39 is 18.1 Å². The summed E-state index contributed by atoms with van der Waals surface area (Å²) in [6, 6.07) is 24.8. The number of methoxy groups -OCH3 is 1. The van der Waals surface area contributed by atoms with Crippen LogP contribution in [-0.4, -0.2) is 57.6 Å². The number of aryl methyl sites for hydroxylation is 1. The van der Waals surface area contributed by atoms with Gasteiger partial charge in [0.1, 0.15) is 11.6 Å². The Labute approximate surface area is 240 Å². The maximum Gasteiger partial charge on any atom is 0.254 e. The molecule has 9 nitrogen and oxygen atoms in total. The van der Waals surface area contributed by atoms with Gasteiger partial charge in [-0.2, -0.15) is 0 Å². The maximum absolute atomic E-state index is 14.1. The van der Waals surface area contributed by atoms with Crippen molar-refractivity contribution in [3.05, 3.63) is 125 Å². The lowest BCUT2D eigenvalue weighted by Gasteiger charge is -2.35. The van der Waals surface area contributed by atoms with E-state index in [1.165, 1.54) is 6.07 Å². The van der Waals surface area contributed by atoms with E-state index in [1.54, 1.807) is 42.5 Å². The van der Waals surface area contributed by atoms with Crippen molar-refractivity contribution in [1.82, 2.24) is 20.2 Å². The third-order valence-corrected chi connectivity index (χ3v) is 6.76. The molecule has 0 aliphatic carbocycles. The molecular weight excluding hydrogens is 518 g/mol. The molecule has 2 amide bonds. The highest BCUT2D eigenvalue weighted by Crippen LogP contribution is 2.20. The number of ether oxygens (including phenoxy) is 1. The van der Waals surface area contributed by atoms with Crippen molar-refractivity contribution < 1.29 is 19.4 Å². The summed E-state index contributed by atoms with van der Waals surface area (Å²) in [5.74, 6) is 0.195. The van der Waals surface area contributed by atoms with Crippen molar-refractivity contribution in [2.45, 2.75) is 38.6 Å². The predicted octanol–water partition coefficient (Wildman–Crippen LogP) is 3.30. The molecule has 3 aromatic carbocycles. The van der Waals surface area contributed by atoms with E-state index >= 15 is 0 Å². The number of aliphatic hydroxyl groups is 1. The molecule has 0 radical (unpaired) electrons. The van der Waals surface area contributed by atoms with Gasteiger partial charge < -0.3 is 25.8 Å². The summed E-state index contributed by atoms with van der Waals surface area (Å²) in [5, 5.41) is 14.9. The average molecular weight is 554 g/mol. The number of aromatic nitrogens is 2. The van der Waals surface area contributed by atoms with Gasteiger partial charge in [0.2, 0.25) is 5.91 Å². The van der Waals surface area contributed by atoms with Crippen molar-refractivity contribution in [3.63, 3.8) is 0 Å². The van der Waals surface area contributed by atoms with Crippen molar-refractivity contribution in [2.24, 2.45) is 5.73 Å². The Morgan fingerprint density at radius 1 is 0.976 bits per heavy atom. The molecule has 0 spiro atoms. The predicted molar refractivity (Wildman–Crippen MR) is 156 cm³/mol. The molecule has 0 aliphatic heterocycles. The topological polar surface area (TPSA) is 131 Å². The summed E-state index contributed by atoms with van der Waals surface area (Å²) in [5.41, 5.74) is 8.72. The maximum atomic E-state index is 14.1. The first-order chi connectivity index (χ1) is 19.8. The van der Waals surface area contributed by atoms with Crippen molar-refractivity contribution in [2.75, 3.05) is 13.7 Å². The van der Waals surface area contributed by atoms with Crippen molar-refractivity contribution in [3.8, 4) is 5.75 Å². The normalized spacial score (nSPS) is 12.4. The first-order valence-corrected chi connectivity index (χ1v) is 13.4. The van der Waals surface area contributed by atoms with Crippen LogP contribution in [0.25, 0.3) is 0 Å². The highest BCUT2D eigenvalue weighted by atomic mass is 16.5. The highest BCUT2D eigenvalue weighted by molar-refractivity contribution is 5.99. The first kappa shape index (κ1) is 29.4. The SMILES string of the molecule is COc1cccc(CNC[C@@H](O)[C@H](Cc2ccccc2)N(Cc2nccc(C)n2)C(=O)c2cccc(C(N)=O)c2)c1. The third kappa shape index (κ3) is 8.20. The lowest BCUT2D eigenvalue weighted by molar-refractivity contribution is 0.0317. The minimum absolute atomic E-state index is 0.0613. The van der Waals surface area contributed by atoms with Gasteiger partial charge in [-0.3, -0.25) is 9.59 Å². The zero-order chi connectivity index (χ0) is 29.2. The first-order valence-electron chi connectivity index (χ1n) is 13.4. The third-order valence-electron chi connectivity index (χ3n) is 6.76. The Morgan fingerprint density at radius 2 is 1.71 bits per heavy atom. The van der Waals surface area contributed by atoms with Gasteiger partial charge in [0, 0.05) is 36.1 Å². The van der Waals surface area contributed by atoms with Crippen molar-refractivity contribution >= 4 is 11.8 Å². The molecule has 9 heteroatoms. The standard InChI is InChI=1S/C32H35N5O4/c1-22-14-15-35-30(36-22)21-37(32(40)26-12-7-11-25(18-26)31(33)39)28(17-23-8-4-3-5-9-23)29(38)20-34-19-24-10-6-13-27(16-24)41-2/h3-16,18,28-29,34,38H,17,19-21H2,1-2H3,(H2,33,39)/t28-,29+/m0/s1. The molecule has 1 heterocycles. The van der Waals surface area contributed by atoms with Gasteiger partial charge in [0.15, 0.2) is 0 Å². The molecule has 0 saturated heterocycles. The number of hydrogen-bond acceptors (Lipinski definition) is 7. The molecule has 0 aliphatic rings. The van der Waals surface area contributed by atoms with Gasteiger partial charge in [-0.25, -0.2) is 9.97 Å². The van der Waals surface area contributed by atoms with E-state index in [0.717, 1.165) is 22.6 Å². The zero-order valence-electron chi connectivity index (χ0n) is 23.2. The Morgan fingerprint density at radius 3 is 2.44 bits per heavy atom. The number of hydrogen-bond donors (Lipinski definition) is 3. The number of nitrogens with two attached hydrogens (primary N) is 1. The van der Waals surface area contributed by atoms with Crippen LogP contribution in [0.5, 0.6) is 5.75 Å². The fourth-order valence-electron chi connectivity index (χ4n) is 4.63. The van der Waals surface area contributed by atoms with Gasteiger partial charge in [0.25, 0.3) is 5.91 Å². The Hall–Kier alpha value is -4.60. The fourth-order valence-corrected chi connectivity index (χ4v) is 4.63. The number of benzene rings is 3. The summed E-state index contributed by atoms with van der Waals surface area (Å²) >= 11 is 0. The van der Waals surface area contributed by atoms with Gasteiger partial charge in [0.05, 0.1) is 25.8 Å². The second-order valence-electron chi connectivity index (χ2n) is 9.80. The Bertz CT molecular complexity index is 1460. The van der Waals surface area contributed by atoms with E-state index in [-0.39, 0.29) is 30.1 Å². The largest absolute Gasteiger partial charge is 0.497 e. The Balaban J connectivity index is 1.66. The molecule has 4 aromatic rings. The van der Waals surface area contributed by atoms with Gasteiger partial charge in [-0.1, -0.05) is 48.5 Å².